The standard InChI is InChI=1S/C8H10BrN3O/c1-5-3-6(9)7(11-4-5)12-8(13)10-2/h3-4H,1-2H3,(H2,10,11,12,13). The molecule has 0 saturated heterocycles. The third-order valence-electron chi connectivity index (χ3n) is 1.44. The lowest BCUT2D eigenvalue weighted by Gasteiger charge is -2.05. The molecule has 2 amide bonds. The van der Waals surface area contributed by atoms with Gasteiger partial charge in [0, 0.05) is 13.2 Å². The molecular weight excluding hydrogens is 234 g/mol. The molecule has 1 heterocycles. The number of nitrogens with one attached hydrogen (secondary N) is 2. The topological polar surface area (TPSA) is 54.0 Å². The number of amides is 2. The van der Waals surface area contributed by atoms with Gasteiger partial charge in [0.15, 0.2) is 0 Å². The van der Waals surface area contributed by atoms with E-state index in [0.717, 1.165) is 10.0 Å². The molecule has 4 nitrogen and oxygen atoms in total. The van der Waals surface area contributed by atoms with E-state index in [-0.39, 0.29) is 6.03 Å². The number of aryl methyl sites for hydroxylation is 1. The van der Waals surface area contributed by atoms with Crippen molar-refractivity contribution in [3.05, 3.63) is 22.3 Å². The summed E-state index contributed by atoms with van der Waals surface area (Å²) in [5.74, 6) is 0.518. The number of urea groups is 1. The van der Waals surface area contributed by atoms with E-state index in [2.05, 4.69) is 31.5 Å². The van der Waals surface area contributed by atoms with E-state index in [1.54, 1.807) is 13.2 Å². The summed E-state index contributed by atoms with van der Waals surface area (Å²) in [5, 5.41) is 5.02. The second-order valence-electron chi connectivity index (χ2n) is 2.55. The van der Waals surface area contributed by atoms with Crippen molar-refractivity contribution >= 4 is 27.8 Å². The van der Waals surface area contributed by atoms with Gasteiger partial charge in [-0.15, -0.1) is 0 Å². The van der Waals surface area contributed by atoms with E-state index in [1.165, 1.54) is 0 Å². The Balaban J connectivity index is 2.83. The van der Waals surface area contributed by atoms with Crippen LogP contribution in [0.4, 0.5) is 10.6 Å². The Morgan fingerprint density at radius 2 is 2.31 bits per heavy atom. The molecule has 1 rings (SSSR count). The summed E-state index contributed by atoms with van der Waals surface area (Å²) < 4.78 is 0.774. The van der Waals surface area contributed by atoms with Gasteiger partial charge in [0.25, 0.3) is 0 Å². The highest BCUT2D eigenvalue weighted by molar-refractivity contribution is 9.10. The molecule has 0 radical (unpaired) electrons. The van der Waals surface area contributed by atoms with Crippen LogP contribution in [-0.4, -0.2) is 18.1 Å². The number of rotatable bonds is 1. The van der Waals surface area contributed by atoms with Crippen molar-refractivity contribution in [2.75, 3.05) is 12.4 Å². The Morgan fingerprint density at radius 3 is 2.85 bits per heavy atom. The molecule has 2 N–H and O–H groups in total. The van der Waals surface area contributed by atoms with Crippen molar-refractivity contribution in [3.8, 4) is 0 Å². The number of anilines is 1. The Labute approximate surface area is 84.9 Å². The quantitative estimate of drug-likeness (QED) is 0.792. The molecular formula is C8H10BrN3O. The van der Waals surface area contributed by atoms with Crippen molar-refractivity contribution in [2.24, 2.45) is 0 Å². The maximum atomic E-state index is 10.9. The van der Waals surface area contributed by atoms with Crippen LogP contribution in [0.25, 0.3) is 0 Å². The largest absolute Gasteiger partial charge is 0.341 e. The van der Waals surface area contributed by atoms with Crippen LogP contribution in [0.2, 0.25) is 0 Å². The Bertz CT molecular complexity index is 327. The van der Waals surface area contributed by atoms with Gasteiger partial charge in [0.05, 0.1) is 4.47 Å². The van der Waals surface area contributed by atoms with Gasteiger partial charge in [-0.05, 0) is 34.5 Å². The summed E-state index contributed by atoms with van der Waals surface area (Å²) in [7, 11) is 1.55. The Kier molecular flexibility index (Phi) is 3.25. The SMILES string of the molecule is CNC(=O)Nc1ncc(C)cc1Br. The predicted octanol–water partition coefficient (Wildman–Crippen LogP) is 1.90. The van der Waals surface area contributed by atoms with E-state index < -0.39 is 0 Å². The number of carbonyl (C=O) groups excluding carboxylic acids is 1. The summed E-state index contributed by atoms with van der Waals surface area (Å²) in [5.41, 5.74) is 1.04. The van der Waals surface area contributed by atoms with Gasteiger partial charge in [-0.2, -0.15) is 0 Å². The molecule has 0 aliphatic carbocycles. The highest BCUT2D eigenvalue weighted by atomic mass is 79.9. The lowest BCUT2D eigenvalue weighted by molar-refractivity contribution is 0.254. The molecule has 0 aliphatic heterocycles. The highest BCUT2D eigenvalue weighted by Crippen LogP contribution is 2.19. The summed E-state index contributed by atoms with van der Waals surface area (Å²) in [4.78, 5) is 15.0. The minimum absolute atomic E-state index is 0.281. The zero-order chi connectivity index (χ0) is 9.84. The van der Waals surface area contributed by atoms with Crippen molar-refractivity contribution < 1.29 is 4.79 Å². The van der Waals surface area contributed by atoms with Crippen LogP contribution < -0.4 is 10.6 Å². The van der Waals surface area contributed by atoms with E-state index in [9.17, 15) is 4.79 Å². The van der Waals surface area contributed by atoms with Crippen LogP contribution in [0.15, 0.2) is 16.7 Å². The number of halogens is 1. The van der Waals surface area contributed by atoms with Crippen LogP contribution in [0, 0.1) is 6.92 Å². The zero-order valence-corrected chi connectivity index (χ0v) is 8.97. The van der Waals surface area contributed by atoms with Gasteiger partial charge < -0.3 is 5.32 Å². The first-order chi connectivity index (χ1) is 6.13. The molecule has 0 fully saturated rings. The van der Waals surface area contributed by atoms with E-state index in [4.69, 9.17) is 0 Å². The first kappa shape index (κ1) is 9.98. The average Bonchev–Trinajstić information content (AvgIpc) is 2.09. The minimum atomic E-state index is -0.281. The van der Waals surface area contributed by atoms with Crippen LogP contribution in [-0.2, 0) is 0 Å². The monoisotopic (exact) mass is 243 g/mol. The molecule has 0 unspecified atom stereocenters. The number of pyridine rings is 1. The molecule has 70 valence electrons. The molecule has 5 heteroatoms. The van der Waals surface area contributed by atoms with Crippen molar-refractivity contribution in [1.82, 2.24) is 10.3 Å². The summed E-state index contributed by atoms with van der Waals surface area (Å²) in [6, 6.07) is 1.61. The second kappa shape index (κ2) is 4.23. The molecule has 0 aliphatic rings. The maximum absolute atomic E-state index is 10.9. The number of aromatic nitrogens is 1. The minimum Gasteiger partial charge on any atom is -0.341 e. The first-order valence-corrected chi connectivity index (χ1v) is 4.53. The Hall–Kier alpha value is -1.10. The van der Waals surface area contributed by atoms with Crippen LogP contribution in [0.1, 0.15) is 5.56 Å². The van der Waals surface area contributed by atoms with Gasteiger partial charge in [0.1, 0.15) is 5.82 Å². The smallest absolute Gasteiger partial charge is 0.320 e. The molecule has 1 aromatic heterocycles. The lowest BCUT2D eigenvalue weighted by Crippen LogP contribution is -2.25. The highest BCUT2D eigenvalue weighted by Gasteiger charge is 2.04. The lowest BCUT2D eigenvalue weighted by atomic mass is 10.3. The van der Waals surface area contributed by atoms with Gasteiger partial charge in [-0.3, -0.25) is 5.32 Å². The van der Waals surface area contributed by atoms with Crippen LogP contribution >= 0.6 is 15.9 Å². The van der Waals surface area contributed by atoms with Gasteiger partial charge in [0.2, 0.25) is 0 Å². The maximum Gasteiger partial charge on any atom is 0.320 e. The molecule has 0 aromatic carbocycles. The van der Waals surface area contributed by atoms with Gasteiger partial charge in [-0.1, -0.05) is 0 Å². The van der Waals surface area contributed by atoms with Gasteiger partial charge in [-0.25, -0.2) is 9.78 Å². The predicted molar refractivity (Wildman–Crippen MR) is 54.8 cm³/mol. The van der Waals surface area contributed by atoms with E-state index in [1.807, 2.05) is 13.0 Å². The first-order valence-electron chi connectivity index (χ1n) is 3.74. The average molecular weight is 244 g/mol. The third-order valence-corrected chi connectivity index (χ3v) is 2.04. The van der Waals surface area contributed by atoms with Crippen LogP contribution in [0.5, 0.6) is 0 Å². The van der Waals surface area contributed by atoms with Crippen molar-refractivity contribution in [1.29, 1.82) is 0 Å². The van der Waals surface area contributed by atoms with Crippen LogP contribution in [0.3, 0.4) is 0 Å². The molecule has 0 saturated carbocycles. The van der Waals surface area contributed by atoms with Gasteiger partial charge >= 0.3 is 6.03 Å². The summed E-state index contributed by atoms with van der Waals surface area (Å²) in [6.45, 7) is 1.93. The van der Waals surface area contributed by atoms with Crippen molar-refractivity contribution in [3.63, 3.8) is 0 Å². The summed E-state index contributed by atoms with van der Waals surface area (Å²) >= 11 is 3.30. The zero-order valence-electron chi connectivity index (χ0n) is 7.39. The fourth-order valence-corrected chi connectivity index (χ4v) is 1.36. The second-order valence-corrected chi connectivity index (χ2v) is 3.40. The molecule has 1 aromatic rings. The number of nitrogens with zero attached hydrogens (tertiary/aromatic N) is 1. The molecule has 0 bridgehead atoms. The number of hydrogen-bond donors (Lipinski definition) is 2. The summed E-state index contributed by atoms with van der Waals surface area (Å²) in [6.07, 6.45) is 1.69. The normalized spacial score (nSPS) is 9.46. The molecule has 0 spiro atoms. The number of carbonyl (C=O) groups is 1. The third kappa shape index (κ3) is 2.69. The molecule has 0 atom stereocenters. The Morgan fingerprint density at radius 1 is 1.62 bits per heavy atom. The fraction of sp³-hybridized carbons (Fsp3) is 0.250. The van der Waals surface area contributed by atoms with Crippen molar-refractivity contribution in [2.45, 2.75) is 6.92 Å². The fourth-order valence-electron chi connectivity index (χ4n) is 0.796. The van der Waals surface area contributed by atoms with E-state index >= 15 is 0 Å². The number of hydrogen-bond acceptors (Lipinski definition) is 2. The van der Waals surface area contributed by atoms with E-state index in [0.29, 0.717) is 5.82 Å². The molecule has 13 heavy (non-hydrogen) atoms.